The Bertz CT molecular complexity index is 261. The molecule has 0 aliphatic carbocycles. The van der Waals surface area contributed by atoms with Crippen LogP contribution < -0.4 is 10.7 Å². The molecule has 0 aromatic heterocycles. The molecule has 1 aromatic rings. The number of hydrogen-bond acceptors (Lipinski definition) is 3. The Kier molecular flexibility index (Phi) is 3.36. The Morgan fingerprint density at radius 3 is 2.08 bits per heavy atom. The molecule has 0 amide bonds. The fraction of sp³-hybridized carbons (Fsp3) is 0.400. The van der Waals surface area contributed by atoms with Gasteiger partial charge in [0.25, 0.3) is 0 Å². The first-order valence-electron chi connectivity index (χ1n) is 4.27. The van der Waals surface area contributed by atoms with Gasteiger partial charge in [0.2, 0.25) is 0 Å². The van der Waals surface area contributed by atoms with Crippen LogP contribution in [0.2, 0.25) is 0 Å². The molecule has 3 heteroatoms. The summed E-state index contributed by atoms with van der Waals surface area (Å²) < 4.78 is 0. The molecule has 0 aliphatic heterocycles. The van der Waals surface area contributed by atoms with Gasteiger partial charge in [-0.15, -0.1) is 0 Å². The summed E-state index contributed by atoms with van der Waals surface area (Å²) >= 11 is 1.42. The van der Waals surface area contributed by atoms with E-state index in [0.29, 0.717) is 0 Å². The fourth-order valence-corrected chi connectivity index (χ4v) is 1.50. The third-order valence-electron chi connectivity index (χ3n) is 1.90. The summed E-state index contributed by atoms with van der Waals surface area (Å²) in [5, 5.41) is 0. The molecule has 0 spiro atoms. The van der Waals surface area contributed by atoms with Crippen LogP contribution in [-0.2, 0) is 5.41 Å². The molecule has 0 unspecified atom stereocenters. The Labute approximate surface area is 84.0 Å². The van der Waals surface area contributed by atoms with Gasteiger partial charge >= 0.3 is 0 Å². The van der Waals surface area contributed by atoms with E-state index in [0.717, 1.165) is 4.90 Å². The normalized spacial score (nSPS) is 11.7. The van der Waals surface area contributed by atoms with Crippen LogP contribution >= 0.6 is 11.9 Å². The summed E-state index contributed by atoms with van der Waals surface area (Å²) in [5.74, 6) is 5.20. The predicted molar refractivity (Wildman–Crippen MR) is 58.3 cm³/mol. The molecule has 0 bridgehead atoms. The number of hydrogen-bond donors (Lipinski definition) is 2. The highest BCUT2D eigenvalue weighted by atomic mass is 32.2. The second kappa shape index (κ2) is 4.13. The average molecular weight is 196 g/mol. The minimum atomic E-state index is 0.222. The standard InChI is InChI=1S/C10H16N2S/c1-10(2,3)8-4-6-9(7-5-8)13-12-11/h4-7,12H,11H2,1-3H3. The number of nitrogens with one attached hydrogen (secondary N) is 1. The molecule has 13 heavy (non-hydrogen) atoms. The van der Waals surface area contributed by atoms with E-state index < -0.39 is 0 Å². The summed E-state index contributed by atoms with van der Waals surface area (Å²) in [6.45, 7) is 6.61. The second-order valence-corrected chi connectivity index (χ2v) is 4.91. The van der Waals surface area contributed by atoms with Gasteiger partial charge in [-0.25, -0.2) is 0 Å². The molecular formula is C10H16N2S. The van der Waals surface area contributed by atoms with E-state index in [2.05, 4.69) is 49.9 Å². The van der Waals surface area contributed by atoms with E-state index in [-0.39, 0.29) is 5.41 Å². The lowest BCUT2D eigenvalue weighted by Gasteiger charge is -2.18. The highest BCUT2D eigenvalue weighted by Crippen LogP contribution is 2.24. The highest BCUT2D eigenvalue weighted by Gasteiger charge is 2.12. The molecule has 1 aromatic carbocycles. The maximum Gasteiger partial charge on any atom is 0.0240 e. The fourth-order valence-electron chi connectivity index (χ4n) is 1.09. The predicted octanol–water partition coefficient (Wildman–Crippen LogP) is 2.45. The van der Waals surface area contributed by atoms with Crippen LogP contribution in [0.15, 0.2) is 29.2 Å². The minimum Gasteiger partial charge on any atom is -0.261 e. The zero-order valence-electron chi connectivity index (χ0n) is 8.29. The van der Waals surface area contributed by atoms with Crippen LogP contribution in [0, 0.1) is 0 Å². The van der Waals surface area contributed by atoms with Gasteiger partial charge in [-0.1, -0.05) is 32.9 Å². The van der Waals surface area contributed by atoms with Crippen LogP contribution in [0.3, 0.4) is 0 Å². The van der Waals surface area contributed by atoms with E-state index in [1.54, 1.807) is 0 Å². The van der Waals surface area contributed by atoms with E-state index in [4.69, 9.17) is 5.84 Å². The molecule has 0 saturated heterocycles. The Morgan fingerprint density at radius 1 is 1.15 bits per heavy atom. The summed E-state index contributed by atoms with van der Waals surface area (Å²) in [6, 6.07) is 8.43. The summed E-state index contributed by atoms with van der Waals surface area (Å²) in [7, 11) is 0. The summed E-state index contributed by atoms with van der Waals surface area (Å²) in [4.78, 5) is 3.69. The SMILES string of the molecule is CC(C)(C)c1ccc(SNN)cc1. The zero-order chi connectivity index (χ0) is 9.90. The van der Waals surface area contributed by atoms with Crippen molar-refractivity contribution in [3.63, 3.8) is 0 Å². The quantitative estimate of drug-likeness (QED) is 0.433. The van der Waals surface area contributed by atoms with Gasteiger partial charge in [0.15, 0.2) is 0 Å². The molecule has 0 saturated carbocycles. The molecule has 0 atom stereocenters. The van der Waals surface area contributed by atoms with Crippen LogP contribution in [0.1, 0.15) is 26.3 Å². The van der Waals surface area contributed by atoms with Crippen molar-refractivity contribution < 1.29 is 0 Å². The largest absolute Gasteiger partial charge is 0.261 e. The van der Waals surface area contributed by atoms with Gasteiger partial charge < -0.3 is 0 Å². The third kappa shape index (κ3) is 3.03. The van der Waals surface area contributed by atoms with Gasteiger partial charge in [0.05, 0.1) is 0 Å². The molecule has 0 radical (unpaired) electrons. The van der Waals surface area contributed by atoms with Crippen molar-refractivity contribution >= 4 is 11.9 Å². The monoisotopic (exact) mass is 196 g/mol. The number of rotatable bonds is 2. The molecule has 0 fully saturated rings. The lowest BCUT2D eigenvalue weighted by Crippen LogP contribution is -2.12. The van der Waals surface area contributed by atoms with Crippen LogP contribution in [0.5, 0.6) is 0 Å². The highest BCUT2D eigenvalue weighted by molar-refractivity contribution is 7.97. The Balaban J connectivity index is 2.81. The lowest BCUT2D eigenvalue weighted by atomic mass is 9.87. The van der Waals surface area contributed by atoms with Crippen molar-refractivity contribution in [1.82, 2.24) is 4.83 Å². The molecular weight excluding hydrogens is 180 g/mol. The molecule has 2 nitrogen and oxygen atoms in total. The van der Waals surface area contributed by atoms with E-state index in [1.165, 1.54) is 17.5 Å². The van der Waals surface area contributed by atoms with Crippen LogP contribution in [0.4, 0.5) is 0 Å². The van der Waals surface area contributed by atoms with Crippen molar-refractivity contribution in [1.29, 1.82) is 0 Å². The number of nitrogens with two attached hydrogens (primary N) is 1. The van der Waals surface area contributed by atoms with Crippen LogP contribution in [0.25, 0.3) is 0 Å². The number of benzene rings is 1. The summed E-state index contributed by atoms with van der Waals surface area (Å²) in [5.41, 5.74) is 1.56. The molecule has 3 N–H and O–H groups in total. The van der Waals surface area contributed by atoms with Gasteiger partial charge in [-0.3, -0.25) is 5.84 Å². The van der Waals surface area contributed by atoms with Crippen molar-refractivity contribution in [2.45, 2.75) is 31.1 Å². The lowest BCUT2D eigenvalue weighted by molar-refractivity contribution is 0.590. The van der Waals surface area contributed by atoms with Gasteiger partial charge in [0, 0.05) is 4.90 Å². The maximum absolute atomic E-state index is 5.20. The van der Waals surface area contributed by atoms with Crippen molar-refractivity contribution in [3.05, 3.63) is 29.8 Å². The van der Waals surface area contributed by atoms with E-state index >= 15 is 0 Å². The molecule has 0 heterocycles. The Hall–Kier alpha value is -0.510. The molecule has 1 rings (SSSR count). The molecule has 0 aliphatic rings. The first-order chi connectivity index (χ1) is 6.04. The summed E-state index contributed by atoms with van der Waals surface area (Å²) in [6.07, 6.45) is 0. The third-order valence-corrected chi connectivity index (χ3v) is 2.52. The van der Waals surface area contributed by atoms with E-state index in [1.807, 2.05) is 0 Å². The van der Waals surface area contributed by atoms with Crippen molar-refractivity contribution in [2.75, 3.05) is 0 Å². The topological polar surface area (TPSA) is 38.0 Å². The van der Waals surface area contributed by atoms with Gasteiger partial charge in [-0.2, -0.15) is 4.83 Å². The first-order valence-corrected chi connectivity index (χ1v) is 5.08. The zero-order valence-corrected chi connectivity index (χ0v) is 9.11. The van der Waals surface area contributed by atoms with Crippen LogP contribution in [-0.4, -0.2) is 0 Å². The molecule has 72 valence electrons. The minimum absolute atomic E-state index is 0.222. The Morgan fingerprint density at radius 2 is 1.69 bits per heavy atom. The number of hydrazine groups is 1. The van der Waals surface area contributed by atoms with Gasteiger partial charge in [-0.05, 0) is 35.1 Å². The average Bonchev–Trinajstić information content (AvgIpc) is 2.04. The first kappa shape index (κ1) is 10.6. The second-order valence-electron chi connectivity index (χ2n) is 3.99. The van der Waals surface area contributed by atoms with Crippen molar-refractivity contribution in [3.8, 4) is 0 Å². The van der Waals surface area contributed by atoms with Gasteiger partial charge in [0.1, 0.15) is 0 Å². The van der Waals surface area contributed by atoms with Crippen molar-refractivity contribution in [2.24, 2.45) is 5.84 Å². The maximum atomic E-state index is 5.20. The smallest absolute Gasteiger partial charge is 0.0240 e. The van der Waals surface area contributed by atoms with E-state index in [9.17, 15) is 0 Å².